The molecule has 2 amide bonds. The van der Waals surface area contributed by atoms with Crippen molar-refractivity contribution in [2.75, 3.05) is 5.32 Å². The highest BCUT2D eigenvalue weighted by molar-refractivity contribution is 7.13. The maximum Gasteiger partial charge on any atom is 0.321 e. The van der Waals surface area contributed by atoms with Crippen LogP contribution >= 0.6 is 11.3 Å². The zero-order chi connectivity index (χ0) is 10.4. The van der Waals surface area contributed by atoms with E-state index in [0.717, 1.165) is 12.8 Å². The molecule has 0 radical (unpaired) electrons. The number of carbonyl (C=O) groups is 1. The van der Waals surface area contributed by atoms with E-state index in [4.69, 9.17) is 0 Å². The first-order chi connectivity index (χ1) is 6.72. The summed E-state index contributed by atoms with van der Waals surface area (Å²) in [5, 5.41) is 7.96. The lowest BCUT2D eigenvalue weighted by Gasteiger charge is -2.12. The van der Waals surface area contributed by atoms with Crippen LogP contribution in [-0.2, 0) is 0 Å². The zero-order valence-electron chi connectivity index (χ0n) is 8.41. The van der Waals surface area contributed by atoms with Crippen molar-refractivity contribution in [3.8, 4) is 0 Å². The average Bonchev–Trinajstić information content (AvgIpc) is 2.56. The Bertz CT molecular complexity index is 274. The number of carbonyl (C=O) groups excluding carboxylic acids is 1. The third-order valence-corrected chi connectivity index (χ3v) is 2.44. The van der Waals surface area contributed by atoms with Crippen LogP contribution in [0.2, 0.25) is 0 Å². The second-order valence-corrected chi connectivity index (χ2v) is 4.02. The van der Waals surface area contributed by atoms with Crippen LogP contribution in [0.4, 0.5) is 9.93 Å². The summed E-state index contributed by atoms with van der Waals surface area (Å²) < 4.78 is 0. The van der Waals surface area contributed by atoms with Crippen molar-refractivity contribution in [2.45, 2.75) is 32.7 Å². The van der Waals surface area contributed by atoms with Crippen molar-refractivity contribution < 1.29 is 4.79 Å². The molecule has 1 aromatic heterocycles. The molecule has 0 saturated heterocycles. The molecular formula is C9H15N3OS. The van der Waals surface area contributed by atoms with Crippen molar-refractivity contribution in [1.29, 1.82) is 0 Å². The Morgan fingerprint density at radius 1 is 1.71 bits per heavy atom. The predicted molar refractivity (Wildman–Crippen MR) is 58.6 cm³/mol. The highest BCUT2D eigenvalue weighted by atomic mass is 32.1. The zero-order valence-corrected chi connectivity index (χ0v) is 9.23. The van der Waals surface area contributed by atoms with Gasteiger partial charge in [0.15, 0.2) is 5.13 Å². The molecule has 2 N–H and O–H groups in total. The normalized spacial score (nSPS) is 12.1. The van der Waals surface area contributed by atoms with Crippen LogP contribution in [0.15, 0.2) is 11.6 Å². The lowest BCUT2D eigenvalue weighted by Crippen LogP contribution is -2.35. The van der Waals surface area contributed by atoms with E-state index in [1.54, 1.807) is 6.20 Å². The lowest BCUT2D eigenvalue weighted by molar-refractivity contribution is 0.248. The highest BCUT2D eigenvalue weighted by Crippen LogP contribution is 2.09. The van der Waals surface area contributed by atoms with E-state index in [-0.39, 0.29) is 12.1 Å². The van der Waals surface area contributed by atoms with Crippen molar-refractivity contribution in [3.63, 3.8) is 0 Å². The Morgan fingerprint density at radius 3 is 3.07 bits per heavy atom. The minimum absolute atomic E-state index is 0.180. The van der Waals surface area contributed by atoms with Crippen LogP contribution in [0.1, 0.15) is 26.7 Å². The second kappa shape index (κ2) is 5.59. The molecule has 4 nitrogen and oxygen atoms in total. The van der Waals surface area contributed by atoms with Crippen molar-refractivity contribution in [2.24, 2.45) is 0 Å². The molecule has 0 aliphatic carbocycles. The van der Waals surface area contributed by atoms with E-state index < -0.39 is 0 Å². The summed E-state index contributed by atoms with van der Waals surface area (Å²) in [6.07, 6.45) is 3.72. The molecule has 14 heavy (non-hydrogen) atoms. The number of thiazole rings is 1. The van der Waals surface area contributed by atoms with Crippen LogP contribution in [0.5, 0.6) is 0 Å². The highest BCUT2D eigenvalue weighted by Gasteiger charge is 2.06. The third-order valence-electron chi connectivity index (χ3n) is 1.75. The maximum atomic E-state index is 11.3. The first-order valence-corrected chi connectivity index (χ1v) is 5.57. The Hall–Kier alpha value is -1.10. The number of nitrogens with zero attached hydrogens (tertiary/aromatic N) is 1. The van der Waals surface area contributed by atoms with Crippen molar-refractivity contribution in [1.82, 2.24) is 10.3 Å². The Balaban J connectivity index is 2.29. The van der Waals surface area contributed by atoms with Crippen molar-refractivity contribution >= 4 is 22.5 Å². The molecule has 0 aliphatic heterocycles. The third kappa shape index (κ3) is 3.74. The quantitative estimate of drug-likeness (QED) is 0.807. The van der Waals surface area contributed by atoms with E-state index in [0.29, 0.717) is 5.13 Å². The summed E-state index contributed by atoms with van der Waals surface area (Å²) in [5.41, 5.74) is 0. The summed E-state index contributed by atoms with van der Waals surface area (Å²) in [5.74, 6) is 0. The number of hydrogen-bond donors (Lipinski definition) is 2. The molecular weight excluding hydrogens is 198 g/mol. The number of anilines is 1. The van der Waals surface area contributed by atoms with E-state index in [1.165, 1.54) is 11.3 Å². The molecule has 1 atom stereocenters. The Kier molecular flexibility index (Phi) is 4.39. The fourth-order valence-corrected chi connectivity index (χ4v) is 1.67. The number of rotatable bonds is 4. The molecule has 0 fully saturated rings. The molecule has 0 aliphatic rings. The van der Waals surface area contributed by atoms with E-state index in [2.05, 4.69) is 22.5 Å². The molecule has 0 saturated carbocycles. The summed E-state index contributed by atoms with van der Waals surface area (Å²) >= 11 is 1.41. The van der Waals surface area contributed by atoms with Gasteiger partial charge in [0.05, 0.1) is 0 Å². The van der Waals surface area contributed by atoms with Crippen LogP contribution < -0.4 is 10.6 Å². The molecule has 78 valence electrons. The smallest absolute Gasteiger partial charge is 0.321 e. The van der Waals surface area contributed by atoms with E-state index >= 15 is 0 Å². The van der Waals surface area contributed by atoms with Gasteiger partial charge in [-0.25, -0.2) is 9.78 Å². The van der Waals surface area contributed by atoms with Gasteiger partial charge in [0, 0.05) is 17.6 Å². The number of nitrogens with one attached hydrogen (secondary N) is 2. The number of amides is 2. The van der Waals surface area contributed by atoms with Gasteiger partial charge in [-0.1, -0.05) is 13.3 Å². The predicted octanol–water partition coefficient (Wildman–Crippen LogP) is 2.45. The van der Waals surface area contributed by atoms with Gasteiger partial charge in [-0.2, -0.15) is 0 Å². The van der Waals surface area contributed by atoms with Crippen LogP contribution in [-0.4, -0.2) is 17.1 Å². The van der Waals surface area contributed by atoms with Gasteiger partial charge in [0.25, 0.3) is 0 Å². The van der Waals surface area contributed by atoms with Crippen LogP contribution in [0.25, 0.3) is 0 Å². The first-order valence-electron chi connectivity index (χ1n) is 4.69. The molecule has 1 heterocycles. The van der Waals surface area contributed by atoms with Crippen LogP contribution in [0, 0.1) is 0 Å². The van der Waals surface area contributed by atoms with E-state index in [9.17, 15) is 4.79 Å². The summed E-state index contributed by atoms with van der Waals surface area (Å²) in [6, 6.07) is 0.0286. The lowest BCUT2D eigenvalue weighted by atomic mass is 10.2. The fraction of sp³-hybridized carbons (Fsp3) is 0.556. The maximum absolute atomic E-state index is 11.3. The summed E-state index contributed by atoms with van der Waals surface area (Å²) in [4.78, 5) is 15.3. The molecule has 0 bridgehead atoms. The fourth-order valence-electron chi connectivity index (χ4n) is 1.15. The molecule has 1 aromatic rings. The number of urea groups is 1. The largest absolute Gasteiger partial charge is 0.335 e. The topological polar surface area (TPSA) is 54.0 Å². The number of aromatic nitrogens is 1. The van der Waals surface area contributed by atoms with E-state index in [1.807, 2.05) is 12.3 Å². The van der Waals surface area contributed by atoms with Gasteiger partial charge in [-0.05, 0) is 13.3 Å². The molecule has 0 aromatic carbocycles. The van der Waals surface area contributed by atoms with Gasteiger partial charge < -0.3 is 5.32 Å². The van der Waals surface area contributed by atoms with Gasteiger partial charge in [0.1, 0.15) is 0 Å². The molecule has 5 heteroatoms. The second-order valence-electron chi connectivity index (χ2n) is 3.13. The standard InChI is InChI=1S/C9H15N3OS/c1-3-4-7(2)11-8(13)12-9-10-5-6-14-9/h5-7H,3-4H2,1-2H3,(H2,10,11,12,13)/t7-/m1/s1. The minimum atomic E-state index is -0.180. The van der Waals surface area contributed by atoms with Crippen molar-refractivity contribution in [3.05, 3.63) is 11.6 Å². The summed E-state index contributed by atoms with van der Waals surface area (Å²) in [7, 11) is 0. The molecule has 0 spiro atoms. The van der Waals surface area contributed by atoms with Gasteiger partial charge in [0.2, 0.25) is 0 Å². The van der Waals surface area contributed by atoms with Gasteiger partial charge in [-0.3, -0.25) is 5.32 Å². The van der Waals surface area contributed by atoms with Gasteiger partial charge >= 0.3 is 6.03 Å². The monoisotopic (exact) mass is 213 g/mol. The van der Waals surface area contributed by atoms with Gasteiger partial charge in [-0.15, -0.1) is 11.3 Å². The molecule has 0 unspecified atom stereocenters. The minimum Gasteiger partial charge on any atom is -0.335 e. The van der Waals surface area contributed by atoms with Crippen LogP contribution in [0.3, 0.4) is 0 Å². The first kappa shape index (κ1) is 11.0. The summed E-state index contributed by atoms with van der Waals surface area (Å²) in [6.45, 7) is 4.09. The molecule has 1 rings (SSSR count). The Morgan fingerprint density at radius 2 is 2.50 bits per heavy atom. The number of hydrogen-bond acceptors (Lipinski definition) is 3. The SMILES string of the molecule is CCC[C@@H](C)NC(=O)Nc1nccs1. The average molecular weight is 213 g/mol. The Labute approximate surface area is 87.7 Å².